The molecule has 0 amide bonds. The molecule has 0 saturated carbocycles. The minimum atomic E-state index is 1.16. The van der Waals surface area contributed by atoms with E-state index in [-0.39, 0.29) is 0 Å². The van der Waals surface area contributed by atoms with Gasteiger partial charge in [0.2, 0.25) is 0 Å². The van der Waals surface area contributed by atoms with Crippen LogP contribution in [0.1, 0.15) is 53.4 Å². The van der Waals surface area contributed by atoms with Gasteiger partial charge in [0.25, 0.3) is 0 Å². The van der Waals surface area contributed by atoms with Crippen LogP contribution in [0.5, 0.6) is 0 Å². The number of hydrogen-bond acceptors (Lipinski definition) is 0. The lowest BCUT2D eigenvalue weighted by Gasteiger charge is -1.99. The van der Waals surface area contributed by atoms with Crippen molar-refractivity contribution in [1.82, 2.24) is 0 Å². The second-order valence-corrected chi connectivity index (χ2v) is 3.42. The van der Waals surface area contributed by atoms with Crippen LogP contribution < -0.4 is 0 Å². The maximum Gasteiger partial charge on any atom is -0.0308 e. The van der Waals surface area contributed by atoms with Crippen molar-refractivity contribution in [2.24, 2.45) is 0 Å². The Labute approximate surface area is 77.4 Å². The lowest BCUT2D eigenvalue weighted by atomic mass is 10.1. The molecule has 0 bridgehead atoms. The molecule has 0 fully saturated rings. The molecule has 0 N–H and O–H groups in total. The van der Waals surface area contributed by atoms with Gasteiger partial charge in [-0.15, -0.1) is 0 Å². The Morgan fingerprint density at radius 1 is 1.17 bits per heavy atom. The number of rotatable bonds is 5. The molecule has 0 rings (SSSR count). The van der Waals surface area contributed by atoms with Crippen LogP contribution in [0, 0.1) is 0 Å². The minimum Gasteiger partial charge on any atom is -0.0843 e. The summed E-state index contributed by atoms with van der Waals surface area (Å²) in [4.78, 5) is 0. The van der Waals surface area contributed by atoms with E-state index in [1.165, 1.54) is 30.4 Å². The van der Waals surface area contributed by atoms with E-state index in [0.29, 0.717) is 0 Å². The van der Waals surface area contributed by atoms with Crippen LogP contribution in [-0.2, 0) is 0 Å². The predicted octanol–water partition coefficient (Wildman–Crippen LogP) is 4.48. The first-order valence-corrected chi connectivity index (χ1v) is 5.05. The fourth-order valence-electron chi connectivity index (χ4n) is 1.19. The standard InChI is InChI=1S/C12H22/c1-5-7-8-9-10-12(6-2)11(3)4/h9-10H,5-8H2,1-4H3/b10-9-. The van der Waals surface area contributed by atoms with E-state index in [2.05, 4.69) is 39.8 Å². The average Bonchev–Trinajstić information content (AvgIpc) is 2.04. The minimum absolute atomic E-state index is 1.16. The third-order valence-corrected chi connectivity index (χ3v) is 2.07. The van der Waals surface area contributed by atoms with E-state index >= 15 is 0 Å². The van der Waals surface area contributed by atoms with Crippen LogP contribution in [0.2, 0.25) is 0 Å². The Morgan fingerprint density at radius 2 is 1.83 bits per heavy atom. The first-order chi connectivity index (χ1) is 5.72. The molecule has 0 aromatic heterocycles. The van der Waals surface area contributed by atoms with E-state index in [1.54, 1.807) is 0 Å². The molecule has 0 aliphatic rings. The van der Waals surface area contributed by atoms with Gasteiger partial charge in [-0.1, -0.05) is 44.4 Å². The maximum atomic E-state index is 2.30. The molecule has 0 aliphatic carbocycles. The summed E-state index contributed by atoms with van der Waals surface area (Å²) in [6.07, 6.45) is 9.58. The smallest absolute Gasteiger partial charge is 0.0308 e. The molecule has 0 radical (unpaired) electrons. The number of hydrogen-bond donors (Lipinski definition) is 0. The Bertz CT molecular complexity index is 157. The van der Waals surface area contributed by atoms with Crippen LogP contribution in [0.25, 0.3) is 0 Å². The second kappa shape index (κ2) is 7.15. The van der Waals surface area contributed by atoms with Crippen molar-refractivity contribution >= 4 is 0 Å². The first-order valence-electron chi connectivity index (χ1n) is 5.05. The average molecular weight is 166 g/mol. The highest BCUT2D eigenvalue weighted by Gasteiger charge is 1.89. The van der Waals surface area contributed by atoms with E-state index in [9.17, 15) is 0 Å². The molecule has 0 unspecified atom stereocenters. The molecule has 0 saturated heterocycles. The molecule has 0 heteroatoms. The van der Waals surface area contributed by atoms with Gasteiger partial charge in [0.15, 0.2) is 0 Å². The van der Waals surface area contributed by atoms with Crippen molar-refractivity contribution in [1.29, 1.82) is 0 Å². The summed E-state index contributed by atoms with van der Waals surface area (Å²) in [7, 11) is 0. The summed E-state index contributed by atoms with van der Waals surface area (Å²) < 4.78 is 0. The summed E-state index contributed by atoms with van der Waals surface area (Å²) in [5.41, 5.74) is 2.94. The highest BCUT2D eigenvalue weighted by molar-refractivity contribution is 5.22. The van der Waals surface area contributed by atoms with Gasteiger partial charge < -0.3 is 0 Å². The monoisotopic (exact) mass is 166 g/mol. The van der Waals surface area contributed by atoms with Crippen LogP contribution in [0.3, 0.4) is 0 Å². The third-order valence-electron chi connectivity index (χ3n) is 2.07. The van der Waals surface area contributed by atoms with Gasteiger partial charge in [0, 0.05) is 0 Å². The summed E-state index contributed by atoms with van der Waals surface area (Å²) in [5, 5.41) is 0. The first kappa shape index (κ1) is 11.5. The largest absolute Gasteiger partial charge is 0.0843 e. The van der Waals surface area contributed by atoms with Gasteiger partial charge >= 0.3 is 0 Å². The van der Waals surface area contributed by atoms with E-state index in [1.807, 2.05) is 0 Å². The van der Waals surface area contributed by atoms with Crippen molar-refractivity contribution in [3.05, 3.63) is 23.3 Å². The SMILES string of the molecule is CCCC/C=C\C(CC)=C(C)C. The van der Waals surface area contributed by atoms with Crippen molar-refractivity contribution in [2.45, 2.75) is 53.4 Å². The molecule has 0 aliphatic heterocycles. The van der Waals surface area contributed by atoms with Gasteiger partial charge in [-0.05, 0) is 32.3 Å². The van der Waals surface area contributed by atoms with Gasteiger partial charge in [-0.3, -0.25) is 0 Å². The molecular weight excluding hydrogens is 144 g/mol. The summed E-state index contributed by atoms with van der Waals surface area (Å²) in [5.74, 6) is 0. The van der Waals surface area contributed by atoms with Gasteiger partial charge in [0.05, 0.1) is 0 Å². The van der Waals surface area contributed by atoms with Crippen LogP contribution >= 0.6 is 0 Å². The molecule has 0 aromatic rings. The Morgan fingerprint density at radius 3 is 2.25 bits per heavy atom. The third kappa shape index (κ3) is 5.17. The lowest BCUT2D eigenvalue weighted by molar-refractivity contribution is 0.814. The summed E-state index contributed by atoms with van der Waals surface area (Å²) in [6.45, 7) is 8.81. The fraction of sp³-hybridized carbons (Fsp3) is 0.667. The molecule has 12 heavy (non-hydrogen) atoms. The normalized spacial score (nSPS) is 10.7. The van der Waals surface area contributed by atoms with Crippen LogP contribution in [0.4, 0.5) is 0 Å². The van der Waals surface area contributed by atoms with Crippen molar-refractivity contribution < 1.29 is 0 Å². The molecule has 0 atom stereocenters. The summed E-state index contributed by atoms with van der Waals surface area (Å²) in [6, 6.07) is 0. The maximum absolute atomic E-state index is 2.30. The fourth-order valence-corrected chi connectivity index (χ4v) is 1.19. The second-order valence-electron chi connectivity index (χ2n) is 3.42. The molecule has 0 nitrogen and oxygen atoms in total. The van der Waals surface area contributed by atoms with E-state index in [4.69, 9.17) is 0 Å². The highest BCUT2D eigenvalue weighted by atomic mass is 14.0. The van der Waals surface area contributed by atoms with Crippen molar-refractivity contribution in [2.75, 3.05) is 0 Å². The molecular formula is C12H22. The zero-order valence-electron chi connectivity index (χ0n) is 8.98. The zero-order valence-corrected chi connectivity index (χ0v) is 8.98. The lowest BCUT2D eigenvalue weighted by Crippen LogP contribution is -1.79. The zero-order chi connectivity index (χ0) is 9.40. The molecule has 70 valence electrons. The van der Waals surface area contributed by atoms with E-state index in [0.717, 1.165) is 6.42 Å². The van der Waals surface area contributed by atoms with Crippen molar-refractivity contribution in [3.8, 4) is 0 Å². The topological polar surface area (TPSA) is 0 Å². The Kier molecular flexibility index (Phi) is 6.84. The highest BCUT2D eigenvalue weighted by Crippen LogP contribution is 2.10. The molecule has 0 spiro atoms. The van der Waals surface area contributed by atoms with E-state index < -0.39 is 0 Å². The number of allylic oxidation sites excluding steroid dienone is 4. The molecule has 0 aromatic carbocycles. The van der Waals surface area contributed by atoms with Crippen LogP contribution in [-0.4, -0.2) is 0 Å². The number of unbranched alkanes of at least 4 members (excludes halogenated alkanes) is 2. The van der Waals surface area contributed by atoms with Gasteiger partial charge in [-0.25, -0.2) is 0 Å². The summed E-state index contributed by atoms with van der Waals surface area (Å²) >= 11 is 0. The van der Waals surface area contributed by atoms with Gasteiger partial charge in [-0.2, -0.15) is 0 Å². The van der Waals surface area contributed by atoms with Crippen LogP contribution in [0.15, 0.2) is 23.3 Å². The van der Waals surface area contributed by atoms with Gasteiger partial charge in [0.1, 0.15) is 0 Å². The molecule has 0 heterocycles. The Balaban J connectivity index is 3.87. The predicted molar refractivity (Wildman–Crippen MR) is 57.3 cm³/mol. The quantitative estimate of drug-likeness (QED) is 0.417. The Hall–Kier alpha value is -0.520. The van der Waals surface area contributed by atoms with Crippen molar-refractivity contribution in [3.63, 3.8) is 0 Å².